The maximum absolute atomic E-state index is 14.0. The molecule has 0 aromatic heterocycles. The van der Waals surface area contributed by atoms with Gasteiger partial charge in [-0.3, -0.25) is 0 Å². The highest BCUT2D eigenvalue weighted by atomic mass is 32.2. The molecule has 3 N–H and O–H groups in total. The third kappa shape index (κ3) is 3.73. The van der Waals surface area contributed by atoms with Crippen LogP contribution in [0, 0.1) is 11.3 Å². The van der Waals surface area contributed by atoms with Gasteiger partial charge in [-0.2, -0.15) is 0 Å². The normalized spacial score (nSPS) is 30.8. The van der Waals surface area contributed by atoms with Gasteiger partial charge in [-0.25, -0.2) is 22.3 Å². The molecule has 140 valence electrons. The van der Waals surface area contributed by atoms with E-state index in [0.29, 0.717) is 19.4 Å². The van der Waals surface area contributed by atoms with E-state index in [-0.39, 0.29) is 28.6 Å². The van der Waals surface area contributed by atoms with E-state index >= 15 is 0 Å². The van der Waals surface area contributed by atoms with Crippen LogP contribution in [-0.4, -0.2) is 26.9 Å². The standard InChI is InChI=1S/C18H26F2N2O2S/c1-17(2)14(11-22-15-5-3-4-10-18(15,19)20)16(17)12-6-8-13(9-7-12)25(21,23)24/h6-9,14-16,22H,3-5,10-11H2,1-2H3,(H2,21,23,24)/t14-,15?,16-/m1/s1. The molecule has 4 nitrogen and oxygen atoms in total. The number of halogens is 2. The monoisotopic (exact) mass is 372 g/mol. The maximum Gasteiger partial charge on any atom is 0.263 e. The third-order valence-corrected chi connectivity index (χ3v) is 6.89. The van der Waals surface area contributed by atoms with Gasteiger partial charge in [0, 0.05) is 6.42 Å². The van der Waals surface area contributed by atoms with Crippen molar-refractivity contribution < 1.29 is 17.2 Å². The average Bonchev–Trinajstić information content (AvgIpc) is 3.06. The van der Waals surface area contributed by atoms with Gasteiger partial charge in [0.2, 0.25) is 10.0 Å². The van der Waals surface area contributed by atoms with Gasteiger partial charge in [0.05, 0.1) is 10.9 Å². The molecule has 2 fully saturated rings. The number of primary sulfonamides is 1. The minimum absolute atomic E-state index is 0.0000583. The molecule has 0 heterocycles. The molecule has 0 saturated heterocycles. The molecule has 25 heavy (non-hydrogen) atoms. The lowest BCUT2D eigenvalue weighted by Crippen LogP contribution is -2.47. The summed E-state index contributed by atoms with van der Waals surface area (Å²) >= 11 is 0. The highest BCUT2D eigenvalue weighted by Gasteiger charge is 2.58. The van der Waals surface area contributed by atoms with Crippen molar-refractivity contribution in [1.29, 1.82) is 0 Å². The predicted molar refractivity (Wildman–Crippen MR) is 93.0 cm³/mol. The molecule has 2 aliphatic carbocycles. The Balaban J connectivity index is 1.66. The highest BCUT2D eigenvalue weighted by Crippen LogP contribution is 2.64. The molecule has 1 unspecified atom stereocenters. The molecule has 3 atom stereocenters. The molecule has 0 aliphatic heterocycles. The molecule has 0 amide bonds. The van der Waals surface area contributed by atoms with E-state index in [2.05, 4.69) is 19.2 Å². The van der Waals surface area contributed by atoms with E-state index in [1.807, 2.05) is 0 Å². The smallest absolute Gasteiger partial charge is 0.263 e. The van der Waals surface area contributed by atoms with Gasteiger partial charge in [0.25, 0.3) is 5.92 Å². The summed E-state index contributed by atoms with van der Waals surface area (Å²) in [4.78, 5) is 0.0891. The molecule has 1 aromatic rings. The summed E-state index contributed by atoms with van der Waals surface area (Å²) in [5, 5.41) is 8.22. The van der Waals surface area contributed by atoms with Crippen LogP contribution < -0.4 is 10.5 Å². The van der Waals surface area contributed by atoms with Gasteiger partial charge < -0.3 is 5.32 Å². The predicted octanol–water partition coefficient (Wildman–Crippen LogP) is 3.24. The molecular formula is C18H26F2N2O2S. The van der Waals surface area contributed by atoms with Crippen LogP contribution in [0.1, 0.15) is 51.0 Å². The topological polar surface area (TPSA) is 72.2 Å². The van der Waals surface area contributed by atoms with E-state index in [1.54, 1.807) is 12.1 Å². The van der Waals surface area contributed by atoms with Crippen molar-refractivity contribution in [1.82, 2.24) is 5.32 Å². The van der Waals surface area contributed by atoms with Crippen LogP contribution in [0.2, 0.25) is 0 Å². The summed E-state index contributed by atoms with van der Waals surface area (Å²) in [6.07, 6.45) is 1.93. The Morgan fingerprint density at radius 2 is 1.84 bits per heavy atom. The van der Waals surface area contributed by atoms with Crippen LogP contribution in [0.25, 0.3) is 0 Å². The molecule has 7 heteroatoms. The van der Waals surface area contributed by atoms with Crippen molar-refractivity contribution in [3.63, 3.8) is 0 Å². The van der Waals surface area contributed by atoms with Gasteiger partial charge in [0.15, 0.2) is 0 Å². The van der Waals surface area contributed by atoms with Crippen LogP contribution in [-0.2, 0) is 10.0 Å². The first kappa shape index (κ1) is 18.7. The third-order valence-electron chi connectivity index (χ3n) is 5.97. The lowest BCUT2D eigenvalue weighted by atomic mass is 9.91. The summed E-state index contributed by atoms with van der Waals surface area (Å²) < 4.78 is 50.7. The van der Waals surface area contributed by atoms with Crippen LogP contribution in [0.5, 0.6) is 0 Å². The summed E-state index contributed by atoms with van der Waals surface area (Å²) in [7, 11) is -3.70. The number of alkyl halides is 2. The molecular weight excluding hydrogens is 346 g/mol. The largest absolute Gasteiger partial charge is 0.308 e. The molecule has 3 rings (SSSR count). The average molecular weight is 372 g/mol. The minimum Gasteiger partial charge on any atom is -0.308 e. The van der Waals surface area contributed by atoms with Crippen molar-refractivity contribution >= 4 is 10.0 Å². The summed E-state index contributed by atoms with van der Waals surface area (Å²) in [6, 6.07) is 5.85. The van der Waals surface area contributed by atoms with Crippen LogP contribution in [0.15, 0.2) is 29.2 Å². The molecule has 2 saturated carbocycles. The van der Waals surface area contributed by atoms with E-state index < -0.39 is 22.0 Å². The van der Waals surface area contributed by atoms with Crippen molar-refractivity contribution in [2.75, 3.05) is 6.54 Å². The Labute approximate surface area is 148 Å². The Hall–Kier alpha value is -1.05. The van der Waals surface area contributed by atoms with Gasteiger partial charge in [0.1, 0.15) is 0 Å². The molecule has 0 spiro atoms. The number of rotatable bonds is 5. The van der Waals surface area contributed by atoms with Crippen molar-refractivity contribution in [2.24, 2.45) is 16.5 Å². The summed E-state index contributed by atoms with van der Waals surface area (Å²) in [5.41, 5.74) is 1.03. The molecule has 1 aromatic carbocycles. The summed E-state index contributed by atoms with van der Waals surface area (Å²) in [6.45, 7) is 4.79. The second-order valence-electron chi connectivity index (χ2n) is 7.99. The molecule has 0 radical (unpaired) electrons. The van der Waals surface area contributed by atoms with Crippen molar-refractivity contribution in [2.45, 2.75) is 62.3 Å². The van der Waals surface area contributed by atoms with Gasteiger partial charge >= 0.3 is 0 Å². The van der Waals surface area contributed by atoms with Gasteiger partial charge in [-0.15, -0.1) is 0 Å². The molecule has 2 aliphatic rings. The quantitative estimate of drug-likeness (QED) is 0.833. The van der Waals surface area contributed by atoms with E-state index in [9.17, 15) is 17.2 Å². The second kappa shape index (κ2) is 6.28. The maximum atomic E-state index is 14.0. The minimum atomic E-state index is -3.70. The highest BCUT2D eigenvalue weighted by molar-refractivity contribution is 7.89. The Morgan fingerprint density at radius 1 is 1.20 bits per heavy atom. The van der Waals surface area contributed by atoms with E-state index in [4.69, 9.17) is 5.14 Å². The first-order chi connectivity index (χ1) is 11.5. The van der Waals surface area contributed by atoms with Gasteiger partial charge in [-0.1, -0.05) is 32.4 Å². The molecule has 0 bridgehead atoms. The number of hydrogen-bond donors (Lipinski definition) is 2. The number of nitrogens with one attached hydrogen (secondary N) is 1. The van der Waals surface area contributed by atoms with Crippen LogP contribution >= 0.6 is 0 Å². The lowest BCUT2D eigenvalue weighted by molar-refractivity contribution is -0.0638. The van der Waals surface area contributed by atoms with Crippen LogP contribution in [0.3, 0.4) is 0 Å². The number of benzene rings is 1. The number of hydrogen-bond acceptors (Lipinski definition) is 3. The number of sulfonamides is 1. The fourth-order valence-electron chi connectivity index (χ4n) is 4.27. The first-order valence-corrected chi connectivity index (χ1v) is 10.3. The zero-order chi connectivity index (χ0) is 18.5. The zero-order valence-corrected chi connectivity index (χ0v) is 15.5. The Morgan fingerprint density at radius 3 is 2.40 bits per heavy atom. The fraction of sp³-hybridized carbons (Fsp3) is 0.667. The first-order valence-electron chi connectivity index (χ1n) is 8.77. The van der Waals surface area contributed by atoms with Gasteiger partial charge in [-0.05, 0) is 54.3 Å². The SMILES string of the molecule is CC1(C)[C@H](CNC2CCCCC2(F)F)[C@H]1c1ccc(S(N)(=O)=O)cc1. The number of nitrogens with two attached hydrogens (primary N) is 1. The van der Waals surface area contributed by atoms with E-state index in [0.717, 1.165) is 12.0 Å². The fourth-order valence-corrected chi connectivity index (χ4v) is 4.78. The second-order valence-corrected chi connectivity index (χ2v) is 9.55. The Bertz CT molecular complexity index is 732. The van der Waals surface area contributed by atoms with Crippen LogP contribution in [0.4, 0.5) is 8.78 Å². The Kier molecular flexibility index (Phi) is 4.71. The van der Waals surface area contributed by atoms with E-state index in [1.165, 1.54) is 12.1 Å². The lowest BCUT2D eigenvalue weighted by Gasteiger charge is -2.32. The zero-order valence-electron chi connectivity index (χ0n) is 14.6. The van der Waals surface area contributed by atoms with Crippen molar-refractivity contribution in [3.05, 3.63) is 29.8 Å². The summed E-state index contributed by atoms with van der Waals surface area (Å²) in [5.74, 6) is -2.14. The van der Waals surface area contributed by atoms with Crippen molar-refractivity contribution in [3.8, 4) is 0 Å².